The predicted molar refractivity (Wildman–Crippen MR) is 68.4 cm³/mol. The number of hydrazine groups is 1. The van der Waals surface area contributed by atoms with Gasteiger partial charge in [-0.05, 0) is 18.2 Å². The molecule has 0 radical (unpaired) electrons. The maximum atomic E-state index is 12.7. The predicted octanol–water partition coefficient (Wildman–Crippen LogP) is 2.28. The van der Waals surface area contributed by atoms with E-state index in [2.05, 4.69) is 21.2 Å². The van der Waals surface area contributed by atoms with Crippen molar-refractivity contribution in [3.63, 3.8) is 0 Å². The van der Waals surface area contributed by atoms with Gasteiger partial charge in [-0.1, -0.05) is 11.6 Å². The highest BCUT2D eigenvalue weighted by Gasteiger charge is 2.33. The largest absolute Gasteiger partial charge is 0.417 e. The van der Waals surface area contributed by atoms with E-state index < -0.39 is 11.7 Å². The summed E-state index contributed by atoms with van der Waals surface area (Å²) in [6, 6.07) is 3.70. The highest BCUT2D eigenvalue weighted by Crippen LogP contribution is 2.36. The summed E-state index contributed by atoms with van der Waals surface area (Å²) < 4.78 is 38.0. The molecule has 0 bridgehead atoms. The van der Waals surface area contributed by atoms with Crippen LogP contribution in [0.1, 0.15) is 5.56 Å². The fraction of sp³-hybridized carbons (Fsp3) is 0.364. The van der Waals surface area contributed by atoms with E-state index in [1.54, 1.807) is 0 Å². The average molecular weight is 293 g/mol. The fourth-order valence-electron chi connectivity index (χ4n) is 1.59. The molecular formula is C11H12ClF3N4. The van der Waals surface area contributed by atoms with Crippen LogP contribution in [0, 0.1) is 0 Å². The second-order valence-corrected chi connectivity index (χ2v) is 4.33. The minimum Gasteiger partial charge on any atom is -0.378 e. The second kappa shape index (κ2) is 5.66. The molecule has 3 N–H and O–H groups in total. The molecule has 0 spiro atoms. The molecule has 1 aromatic carbocycles. The molecule has 19 heavy (non-hydrogen) atoms. The quantitative estimate of drug-likeness (QED) is 0.801. The lowest BCUT2D eigenvalue weighted by molar-refractivity contribution is -0.137. The van der Waals surface area contributed by atoms with Crippen LogP contribution in [0.15, 0.2) is 23.2 Å². The van der Waals surface area contributed by atoms with Gasteiger partial charge in [-0.25, -0.2) is 5.43 Å². The molecule has 1 aromatic rings. The van der Waals surface area contributed by atoms with Crippen LogP contribution in [-0.2, 0) is 6.18 Å². The molecule has 0 saturated carbocycles. The summed E-state index contributed by atoms with van der Waals surface area (Å²) in [7, 11) is 0. The Bertz CT molecular complexity index is 487. The van der Waals surface area contributed by atoms with Crippen molar-refractivity contribution in [1.82, 2.24) is 10.9 Å². The molecule has 1 aliphatic heterocycles. The molecule has 2 rings (SSSR count). The maximum Gasteiger partial charge on any atom is 0.417 e. The van der Waals surface area contributed by atoms with Crippen LogP contribution in [0.2, 0.25) is 5.02 Å². The number of alkyl halides is 3. The number of hydrogen-bond donors (Lipinski definition) is 3. The maximum absolute atomic E-state index is 12.7. The summed E-state index contributed by atoms with van der Waals surface area (Å²) in [6.45, 7) is 1.67. The molecule has 8 heteroatoms. The third kappa shape index (κ3) is 3.74. The van der Waals surface area contributed by atoms with Gasteiger partial charge in [-0.2, -0.15) is 13.2 Å². The van der Waals surface area contributed by atoms with Crippen molar-refractivity contribution in [3.8, 4) is 0 Å². The van der Waals surface area contributed by atoms with Crippen molar-refractivity contribution in [2.75, 3.05) is 25.0 Å². The van der Waals surface area contributed by atoms with E-state index in [0.717, 1.165) is 12.6 Å². The first-order valence-corrected chi connectivity index (χ1v) is 5.97. The SMILES string of the molecule is FC(F)(F)c1cc(NCC2=NCCNN2)ccc1Cl. The van der Waals surface area contributed by atoms with Gasteiger partial charge in [0, 0.05) is 12.2 Å². The first-order chi connectivity index (χ1) is 8.97. The van der Waals surface area contributed by atoms with Crippen LogP contribution >= 0.6 is 11.6 Å². The molecule has 0 fully saturated rings. The minimum absolute atomic E-state index is 0.311. The van der Waals surface area contributed by atoms with Crippen molar-refractivity contribution in [3.05, 3.63) is 28.8 Å². The van der Waals surface area contributed by atoms with Gasteiger partial charge < -0.3 is 10.7 Å². The summed E-state index contributed by atoms with van der Waals surface area (Å²) in [6.07, 6.45) is -4.46. The van der Waals surface area contributed by atoms with E-state index in [1.807, 2.05) is 0 Å². The van der Waals surface area contributed by atoms with E-state index in [1.165, 1.54) is 12.1 Å². The average Bonchev–Trinajstić information content (AvgIpc) is 2.37. The van der Waals surface area contributed by atoms with Gasteiger partial charge in [0.15, 0.2) is 0 Å². The zero-order valence-electron chi connectivity index (χ0n) is 9.81. The zero-order chi connectivity index (χ0) is 13.9. The molecule has 4 nitrogen and oxygen atoms in total. The molecule has 0 amide bonds. The van der Waals surface area contributed by atoms with E-state index in [-0.39, 0.29) is 5.02 Å². The minimum atomic E-state index is -4.46. The Hall–Kier alpha value is -1.47. The zero-order valence-corrected chi connectivity index (χ0v) is 10.6. The number of rotatable bonds is 3. The smallest absolute Gasteiger partial charge is 0.378 e. The third-order valence-electron chi connectivity index (χ3n) is 2.50. The molecule has 1 aliphatic rings. The van der Waals surface area contributed by atoms with Crippen molar-refractivity contribution < 1.29 is 13.2 Å². The lowest BCUT2D eigenvalue weighted by Crippen LogP contribution is -2.45. The first-order valence-electron chi connectivity index (χ1n) is 5.59. The molecule has 0 aromatic heterocycles. The lowest BCUT2D eigenvalue weighted by Gasteiger charge is -2.17. The van der Waals surface area contributed by atoms with Crippen LogP contribution in [0.3, 0.4) is 0 Å². The van der Waals surface area contributed by atoms with Gasteiger partial charge in [0.25, 0.3) is 0 Å². The molecule has 0 saturated heterocycles. The van der Waals surface area contributed by atoms with Crippen LogP contribution in [0.5, 0.6) is 0 Å². The van der Waals surface area contributed by atoms with Gasteiger partial charge in [0.05, 0.1) is 23.7 Å². The number of halogens is 4. The van der Waals surface area contributed by atoms with Gasteiger partial charge in [0.2, 0.25) is 0 Å². The monoisotopic (exact) mass is 292 g/mol. The summed E-state index contributed by atoms with van der Waals surface area (Å²) in [4.78, 5) is 4.17. The van der Waals surface area contributed by atoms with Crippen molar-refractivity contribution in [1.29, 1.82) is 0 Å². The number of amidine groups is 1. The van der Waals surface area contributed by atoms with Gasteiger partial charge in [-0.15, -0.1) is 0 Å². The van der Waals surface area contributed by atoms with E-state index >= 15 is 0 Å². The summed E-state index contributed by atoms with van der Waals surface area (Å²) >= 11 is 5.54. The summed E-state index contributed by atoms with van der Waals surface area (Å²) in [5.41, 5.74) is 5.22. The Morgan fingerprint density at radius 3 is 2.79 bits per heavy atom. The number of aliphatic imine (C=N–C) groups is 1. The van der Waals surface area contributed by atoms with Crippen LogP contribution in [-0.4, -0.2) is 25.5 Å². The van der Waals surface area contributed by atoms with Gasteiger partial charge >= 0.3 is 6.18 Å². The number of anilines is 1. The Morgan fingerprint density at radius 1 is 1.37 bits per heavy atom. The number of benzene rings is 1. The highest BCUT2D eigenvalue weighted by atomic mass is 35.5. The second-order valence-electron chi connectivity index (χ2n) is 3.93. The van der Waals surface area contributed by atoms with Crippen LogP contribution in [0.4, 0.5) is 18.9 Å². The summed E-state index contributed by atoms with van der Waals surface area (Å²) in [5, 5.41) is 2.55. The van der Waals surface area contributed by atoms with Crippen LogP contribution < -0.4 is 16.2 Å². The molecule has 0 atom stereocenters. The van der Waals surface area contributed by atoms with Crippen molar-refractivity contribution >= 4 is 23.1 Å². The Kier molecular flexibility index (Phi) is 4.16. The summed E-state index contributed by atoms with van der Waals surface area (Å²) in [5.74, 6) is 0.648. The molecule has 1 heterocycles. The standard InChI is InChI=1S/C11H12ClF3N4/c12-9-2-1-7(5-8(9)11(13,14)15)17-6-10-16-3-4-18-19-10/h1-2,5,17-18H,3-4,6H2,(H,16,19). The van der Waals surface area contributed by atoms with Crippen molar-refractivity contribution in [2.45, 2.75) is 6.18 Å². The normalized spacial score (nSPS) is 15.7. The van der Waals surface area contributed by atoms with E-state index in [0.29, 0.717) is 24.6 Å². The third-order valence-corrected chi connectivity index (χ3v) is 2.83. The van der Waals surface area contributed by atoms with Gasteiger partial charge in [0.1, 0.15) is 5.84 Å². The molecule has 0 unspecified atom stereocenters. The van der Waals surface area contributed by atoms with Gasteiger partial charge in [-0.3, -0.25) is 4.99 Å². The van der Waals surface area contributed by atoms with E-state index in [9.17, 15) is 13.2 Å². The Balaban J connectivity index is 2.07. The number of nitrogens with zero attached hydrogens (tertiary/aromatic N) is 1. The fourth-order valence-corrected chi connectivity index (χ4v) is 1.81. The first kappa shape index (κ1) is 14.0. The highest BCUT2D eigenvalue weighted by molar-refractivity contribution is 6.31. The molecule has 104 valence electrons. The lowest BCUT2D eigenvalue weighted by atomic mass is 10.2. The van der Waals surface area contributed by atoms with Crippen LogP contribution in [0.25, 0.3) is 0 Å². The molecule has 0 aliphatic carbocycles. The topological polar surface area (TPSA) is 48.5 Å². The Labute approximate surface area is 113 Å². The Morgan fingerprint density at radius 2 is 2.16 bits per heavy atom. The van der Waals surface area contributed by atoms with Crippen molar-refractivity contribution in [2.24, 2.45) is 4.99 Å². The number of nitrogens with one attached hydrogen (secondary N) is 3. The van der Waals surface area contributed by atoms with E-state index in [4.69, 9.17) is 11.6 Å². The molecular weight excluding hydrogens is 281 g/mol. The number of hydrogen-bond acceptors (Lipinski definition) is 4.